The van der Waals surface area contributed by atoms with Gasteiger partial charge in [-0.2, -0.15) is 0 Å². The minimum Gasteiger partial charge on any atom is -0.393 e. The molecule has 0 amide bonds. The van der Waals surface area contributed by atoms with Crippen molar-refractivity contribution in [2.45, 2.75) is 77.4 Å². The molecule has 0 unspecified atom stereocenters. The second-order valence-corrected chi connectivity index (χ2v) is 12.1. The average Bonchev–Trinajstić information content (AvgIpc) is 2.73. The van der Waals surface area contributed by atoms with Gasteiger partial charge in [0.2, 0.25) is 0 Å². The molecule has 0 radical (unpaired) electrons. The summed E-state index contributed by atoms with van der Waals surface area (Å²) < 4.78 is 28.4. The fourth-order valence-corrected chi connectivity index (χ4v) is 7.59. The fraction of sp³-hybridized carbons (Fsp3) is 1.00. The van der Waals surface area contributed by atoms with Crippen LogP contribution < -0.4 is 0 Å². The van der Waals surface area contributed by atoms with Crippen molar-refractivity contribution >= 4 is 17.2 Å². The Labute approximate surface area is 176 Å². The van der Waals surface area contributed by atoms with Gasteiger partial charge < -0.3 is 32.6 Å². The molecule has 0 aromatic heterocycles. The van der Waals surface area contributed by atoms with Gasteiger partial charge in [-0.15, -0.1) is 0 Å². The first-order valence-corrected chi connectivity index (χ1v) is 13.2. The predicted molar refractivity (Wildman–Crippen MR) is 111 cm³/mol. The van der Waals surface area contributed by atoms with Crippen LogP contribution in [0.1, 0.15) is 65.2 Å². The molecule has 9 heteroatoms. The van der Waals surface area contributed by atoms with Crippen LogP contribution in [0.4, 0.5) is 0 Å². The molecule has 168 valence electrons. The number of aliphatic hydroxyl groups is 1. The normalized spacial score (nSPS) is 44.7. The first-order valence-electron chi connectivity index (χ1n) is 11.0. The lowest BCUT2D eigenvalue weighted by Gasteiger charge is -2.46. The highest BCUT2D eigenvalue weighted by Gasteiger charge is 2.45. The summed E-state index contributed by atoms with van der Waals surface area (Å²) in [5, 5.41) is 9.82. The van der Waals surface area contributed by atoms with E-state index in [2.05, 4.69) is 13.8 Å². The molecule has 4 rings (SSSR count). The van der Waals surface area contributed by atoms with Crippen molar-refractivity contribution in [3.63, 3.8) is 0 Å². The molecule has 4 aliphatic rings. The van der Waals surface area contributed by atoms with Gasteiger partial charge in [-0.25, -0.2) is 0 Å². The van der Waals surface area contributed by atoms with E-state index in [0.717, 1.165) is 50.4 Å². The summed E-state index contributed by atoms with van der Waals surface area (Å²) in [6, 6.07) is 0. The zero-order valence-corrected chi connectivity index (χ0v) is 19.4. The lowest BCUT2D eigenvalue weighted by atomic mass is 9.60. The van der Waals surface area contributed by atoms with Crippen LogP contribution in [0.2, 0.25) is 0 Å². The van der Waals surface area contributed by atoms with E-state index in [1.807, 2.05) is 0 Å². The molecular weight excluding hydrogens is 414 g/mol. The van der Waals surface area contributed by atoms with Gasteiger partial charge >= 0.3 is 17.2 Å². The standard InChI is InChI=1S/C20H36O7P2/c1-19(2,15-3-7-17(21)8-4-15)16-5-9-18(10-6-16)27-29-25-13-20(14-26-29)11-23-28(22)24-12-20/h15-18,21-22H,3-14H2,1-2H3. The van der Waals surface area contributed by atoms with E-state index in [-0.39, 0.29) is 17.6 Å². The monoisotopic (exact) mass is 450 g/mol. The van der Waals surface area contributed by atoms with Crippen LogP contribution in [0.3, 0.4) is 0 Å². The van der Waals surface area contributed by atoms with Gasteiger partial charge in [-0.3, -0.25) is 0 Å². The van der Waals surface area contributed by atoms with Crippen molar-refractivity contribution in [1.29, 1.82) is 0 Å². The Morgan fingerprint density at radius 1 is 0.793 bits per heavy atom. The second-order valence-electron chi connectivity index (χ2n) is 9.96. The third-order valence-corrected chi connectivity index (χ3v) is 9.48. The molecule has 29 heavy (non-hydrogen) atoms. The predicted octanol–water partition coefficient (Wildman–Crippen LogP) is 4.67. The van der Waals surface area contributed by atoms with Crippen LogP contribution in [0.15, 0.2) is 0 Å². The minimum absolute atomic E-state index is 0.0825. The molecule has 0 atom stereocenters. The summed E-state index contributed by atoms with van der Waals surface area (Å²) in [6.45, 7) is 6.64. The molecule has 1 spiro atoms. The van der Waals surface area contributed by atoms with Crippen molar-refractivity contribution < 1.29 is 32.6 Å². The number of hydrogen-bond donors (Lipinski definition) is 2. The van der Waals surface area contributed by atoms with E-state index < -0.39 is 17.2 Å². The molecule has 0 aromatic rings. The smallest absolute Gasteiger partial charge is 0.332 e. The first kappa shape index (κ1) is 22.8. The van der Waals surface area contributed by atoms with E-state index in [1.165, 1.54) is 12.8 Å². The molecule has 2 heterocycles. The minimum atomic E-state index is -1.74. The molecule has 2 saturated carbocycles. The number of aliphatic hydroxyl groups excluding tert-OH is 1. The van der Waals surface area contributed by atoms with Gasteiger partial charge in [0.15, 0.2) is 0 Å². The van der Waals surface area contributed by atoms with Crippen molar-refractivity contribution in [1.82, 2.24) is 0 Å². The molecule has 4 fully saturated rings. The van der Waals surface area contributed by atoms with Gasteiger partial charge in [-0.05, 0) is 68.6 Å². The maximum absolute atomic E-state index is 9.82. The van der Waals surface area contributed by atoms with Gasteiger partial charge in [0.1, 0.15) is 0 Å². The van der Waals surface area contributed by atoms with Crippen LogP contribution in [-0.2, 0) is 22.6 Å². The van der Waals surface area contributed by atoms with Crippen LogP contribution in [0.5, 0.6) is 0 Å². The van der Waals surface area contributed by atoms with Gasteiger partial charge in [-0.1, -0.05) is 13.8 Å². The highest BCUT2D eigenvalue weighted by molar-refractivity contribution is 7.41. The van der Waals surface area contributed by atoms with Gasteiger partial charge in [0.25, 0.3) is 0 Å². The highest BCUT2D eigenvalue weighted by Crippen LogP contribution is 2.54. The summed E-state index contributed by atoms with van der Waals surface area (Å²) in [6.07, 6.45) is 8.85. The Kier molecular flexibility index (Phi) is 7.54. The Bertz CT molecular complexity index is 515. The van der Waals surface area contributed by atoms with Crippen LogP contribution in [0.25, 0.3) is 0 Å². The van der Waals surface area contributed by atoms with E-state index in [1.54, 1.807) is 0 Å². The Hall–Kier alpha value is 0.580. The SMILES string of the molecule is CC(C)(C1CCC(O)CC1)C1CCC(OP2OCC3(COP(O)OC3)CO2)CC1. The maximum Gasteiger partial charge on any atom is 0.332 e. The highest BCUT2D eigenvalue weighted by atomic mass is 31.2. The van der Waals surface area contributed by atoms with Crippen LogP contribution in [-0.4, -0.2) is 48.6 Å². The quantitative estimate of drug-likeness (QED) is 0.602. The molecule has 2 aliphatic heterocycles. The van der Waals surface area contributed by atoms with Gasteiger partial charge in [0.05, 0.1) is 44.1 Å². The summed E-state index contributed by atoms with van der Waals surface area (Å²) in [7, 11) is -3.05. The third kappa shape index (κ3) is 5.50. The average molecular weight is 450 g/mol. The Balaban J connectivity index is 1.19. The lowest BCUT2D eigenvalue weighted by molar-refractivity contribution is -0.0787. The van der Waals surface area contributed by atoms with Gasteiger partial charge in [0, 0.05) is 0 Å². The lowest BCUT2D eigenvalue weighted by Crippen LogP contribution is -2.45. The molecule has 0 bridgehead atoms. The number of hydrogen-bond acceptors (Lipinski definition) is 7. The summed E-state index contributed by atoms with van der Waals surface area (Å²) in [5.41, 5.74) is 0.00672. The molecule has 2 aliphatic carbocycles. The van der Waals surface area contributed by atoms with E-state index in [4.69, 9.17) is 22.6 Å². The zero-order valence-electron chi connectivity index (χ0n) is 17.6. The Morgan fingerprint density at radius 3 is 1.83 bits per heavy atom. The summed E-state index contributed by atoms with van der Waals surface area (Å²) in [5.74, 6) is 1.44. The van der Waals surface area contributed by atoms with E-state index in [9.17, 15) is 10.00 Å². The van der Waals surface area contributed by atoms with Crippen molar-refractivity contribution in [2.75, 3.05) is 26.4 Å². The Morgan fingerprint density at radius 2 is 1.28 bits per heavy atom. The van der Waals surface area contributed by atoms with E-state index in [0.29, 0.717) is 31.8 Å². The largest absolute Gasteiger partial charge is 0.393 e. The fourth-order valence-electron chi connectivity index (χ4n) is 5.34. The third-order valence-electron chi connectivity index (χ3n) is 7.63. The maximum atomic E-state index is 9.82. The second kappa shape index (κ2) is 9.60. The van der Waals surface area contributed by atoms with Crippen LogP contribution >= 0.6 is 17.2 Å². The van der Waals surface area contributed by atoms with Crippen molar-refractivity contribution in [2.24, 2.45) is 22.7 Å². The zero-order chi connectivity index (χ0) is 20.5. The molecule has 2 saturated heterocycles. The van der Waals surface area contributed by atoms with Crippen molar-refractivity contribution in [3.05, 3.63) is 0 Å². The molecule has 7 nitrogen and oxygen atoms in total. The molecule has 2 N–H and O–H groups in total. The van der Waals surface area contributed by atoms with E-state index >= 15 is 0 Å². The molecular formula is C20H36O7P2. The molecule has 0 aromatic carbocycles. The van der Waals surface area contributed by atoms with Crippen LogP contribution in [0, 0.1) is 22.7 Å². The number of rotatable bonds is 4. The summed E-state index contributed by atoms with van der Waals surface area (Å²) >= 11 is 0. The first-order chi connectivity index (χ1) is 13.9. The van der Waals surface area contributed by atoms with Crippen molar-refractivity contribution in [3.8, 4) is 0 Å². The topological polar surface area (TPSA) is 86.6 Å². The summed E-state index contributed by atoms with van der Waals surface area (Å²) in [4.78, 5) is 9.37.